The van der Waals surface area contributed by atoms with Gasteiger partial charge < -0.3 is 5.32 Å². The lowest BCUT2D eigenvalue weighted by Gasteiger charge is -2.27. The first kappa shape index (κ1) is 16.3. The van der Waals surface area contributed by atoms with Gasteiger partial charge in [-0.25, -0.2) is 4.98 Å². The first-order valence-electron chi connectivity index (χ1n) is 7.15. The summed E-state index contributed by atoms with van der Waals surface area (Å²) in [5.41, 5.74) is 0.0750. The lowest BCUT2D eigenvalue weighted by molar-refractivity contribution is -0.120. The molecular weight excluding hydrogens is 294 g/mol. The Morgan fingerprint density at radius 2 is 2.09 bits per heavy atom. The number of carbonyl (C=O) groups excluding carboxylic acids is 1. The normalized spacial score (nSPS) is 13.6. The van der Waals surface area contributed by atoms with Crippen LogP contribution in [-0.2, 0) is 4.79 Å². The van der Waals surface area contributed by atoms with Gasteiger partial charge in [-0.3, -0.25) is 4.79 Å². The molecule has 0 bridgehead atoms. The Bertz CT molecular complexity index is 723. The van der Waals surface area contributed by atoms with Crippen molar-refractivity contribution in [2.75, 3.05) is 5.75 Å². The van der Waals surface area contributed by atoms with Crippen molar-refractivity contribution in [2.24, 2.45) is 5.92 Å². The van der Waals surface area contributed by atoms with Crippen LogP contribution in [0, 0.1) is 17.2 Å². The first-order valence-corrected chi connectivity index (χ1v) is 8.14. The number of hydrogen-bond acceptors (Lipinski definition) is 4. The van der Waals surface area contributed by atoms with E-state index in [0.717, 1.165) is 15.9 Å². The van der Waals surface area contributed by atoms with E-state index in [9.17, 15) is 10.1 Å². The predicted octanol–water partition coefficient (Wildman–Crippen LogP) is 3.38. The van der Waals surface area contributed by atoms with Crippen LogP contribution in [-0.4, -0.2) is 22.2 Å². The maximum absolute atomic E-state index is 12.0. The van der Waals surface area contributed by atoms with E-state index < -0.39 is 5.54 Å². The van der Waals surface area contributed by atoms with Crippen LogP contribution in [0.5, 0.6) is 0 Å². The average molecular weight is 313 g/mol. The fraction of sp³-hybridized carbons (Fsp3) is 0.353. The number of hydrogen-bond donors (Lipinski definition) is 1. The van der Waals surface area contributed by atoms with Gasteiger partial charge >= 0.3 is 0 Å². The molecule has 0 aliphatic heterocycles. The van der Waals surface area contributed by atoms with Crippen molar-refractivity contribution in [1.82, 2.24) is 10.3 Å². The smallest absolute Gasteiger partial charge is 0.231 e. The molecule has 1 atom stereocenters. The molecule has 1 N–H and O–H groups in total. The van der Waals surface area contributed by atoms with Crippen LogP contribution in [0.15, 0.2) is 41.4 Å². The average Bonchev–Trinajstić information content (AvgIpc) is 2.52. The Hall–Kier alpha value is -2.06. The highest BCUT2D eigenvalue weighted by atomic mass is 32.2. The molecule has 0 radical (unpaired) electrons. The minimum Gasteiger partial charge on any atom is -0.337 e. The Morgan fingerprint density at radius 3 is 2.77 bits per heavy atom. The zero-order valence-electron chi connectivity index (χ0n) is 13.0. The maximum Gasteiger partial charge on any atom is 0.231 e. The number of aromatic nitrogens is 1. The van der Waals surface area contributed by atoms with Crippen molar-refractivity contribution < 1.29 is 4.79 Å². The summed E-state index contributed by atoms with van der Waals surface area (Å²) in [5.74, 6) is 0.137. The second-order valence-corrected chi connectivity index (χ2v) is 6.64. The Morgan fingerprint density at radius 1 is 1.36 bits per heavy atom. The van der Waals surface area contributed by atoms with E-state index in [2.05, 4.69) is 16.4 Å². The van der Waals surface area contributed by atoms with E-state index in [4.69, 9.17) is 0 Å². The Kier molecular flexibility index (Phi) is 5.04. The minimum atomic E-state index is -0.839. The van der Waals surface area contributed by atoms with Gasteiger partial charge in [-0.05, 0) is 25.0 Å². The number of pyridine rings is 1. The molecule has 0 saturated heterocycles. The number of thioether (sulfide) groups is 1. The third-order valence-electron chi connectivity index (χ3n) is 3.71. The van der Waals surface area contributed by atoms with Gasteiger partial charge in [0.2, 0.25) is 5.91 Å². The van der Waals surface area contributed by atoms with E-state index in [0.29, 0.717) is 0 Å². The van der Waals surface area contributed by atoms with Crippen molar-refractivity contribution >= 4 is 28.6 Å². The zero-order chi connectivity index (χ0) is 16.2. The second kappa shape index (κ2) is 6.80. The summed E-state index contributed by atoms with van der Waals surface area (Å²) < 4.78 is 0. The fourth-order valence-corrected chi connectivity index (χ4v) is 2.57. The molecule has 0 saturated carbocycles. The summed E-state index contributed by atoms with van der Waals surface area (Å²) in [7, 11) is 0. The largest absolute Gasteiger partial charge is 0.337 e. The van der Waals surface area contributed by atoms with E-state index in [1.165, 1.54) is 11.8 Å². The molecule has 1 heterocycles. The molecule has 0 fully saturated rings. The summed E-state index contributed by atoms with van der Waals surface area (Å²) >= 11 is 1.37. The van der Waals surface area contributed by atoms with Crippen LogP contribution in [0.25, 0.3) is 10.9 Å². The lowest BCUT2D eigenvalue weighted by atomic mass is 9.90. The van der Waals surface area contributed by atoms with Crippen molar-refractivity contribution in [2.45, 2.75) is 31.3 Å². The van der Waals surface area contributed by atoms with E-state index in [-0.39, 0.29) is 17.6 Å². The number of rotatable bonds is 5. The summed E-state index contributed by atoms with van der Waals surface area (Å²) in [6.07, 6.45) is 0. The molecule has 2 rings (SSSR count). The molecule has 1 aromatic carbocycles. The summed E-state index contributed by atoms with van der Waals surface area (Å²) in [5, 5.41) is 13.9. The van der Waals surface area contributed by atoms with Crippen molar-refractivity contribution in [3.8, 4) is 6.07 Å². The molecule has 5 heteroatoms. The van der Waals surface area contributed by atoms with Crippen LogP contribution >= 0.6 is 11.8 Å². The van der Waals surface area contributed by atoms with Gasteiger partial charge in [0.05, 0.1) is 22.4 Å². The number of fused-ring (bicyclic) bond motifs is 1. The number of carbonyl (C=O) groups is 1. The van der Waals surface area contributed by atoms with Gasteiger partial charge in [-0.2, -0.15) is 5.26 Å². The van der Waals surface area contributed by atoms with E-state index in [1.54, 1.807) is 6.92 Å². The maximum atomic E-state index is 12.0. The van der Waals surface area contributed by atoms with Gasteiger partial charge in [0, 0.05) is 5.39 Å². The molecule has 0 aliphatic rings. The van der Waals surface area contributed by atoms with Gasteiger partial charge in [0.1, 0.15) is 5.54 Å². The lowest BCUT2D eigenvalue weighted by Crippen LogP contribution is -2.49. The molecular formula is C17H19N3OS. The van der Waals surface area contributed by atoms with Crippen LogP contribution in [0.4, 0.5) is 0 Å². The molecule has 114 valence electrons. The van der Waals surface area contributed by atoms with Gasteiger partial charge in [0.25, 0.3) is 0 Å². The topological polar surface area (TPSA) is 65.8 Å². The summed E-state index contributed by atoms with van der Waals surface area (Å²) in [4.78, 5) is 16.6. The molecule has 0 aliphatic carbocycles. The molecule has 2 aromatic rings. The summed E-state index contributed by atoms with van der Waals surface area (Å²) in [6.45, 7) is 5.58. The number of para-hydroxylation sites is 1. The quantitative estimate of drug-likeness (QED) is 0.859. The standard InChI is InChI=1S/C17H19N3OS/c1-12(2)17(3,11-18)20-15(21)10-22-16-9-8-13-6-4-5-7-14(13)19-16/h4-9,12H,10H2,1-3H3,(H,20,21)/t17-/m0/s1. The SMILES string of the molecule is CC(C)[C@](C)(C#N)NC(=O)CSc1ccc2ccccc2n1. The number of nitrogens with one attached hydrogen (secondary N) is 1. The van der Waals surface area contributed by atoms with Crippen LogP contribution in [0.3, 0.4) is 0 Å². The monoisotopic (exact) mass is 313 g/mol. The molecule has 4 nitrogen and oxygen atoms in total. The van der Waals surface area contributed by atoms with Crippen LogP contribution in [0.1, 0.15) is 20.8 Å². The zero-order valence-corrected chi connectivity index (χ0v) is 13.8. The third-order valence-corrected chi connectivity index (χ3v) is 4.64. The molecule has 0 spiro atoms. The van der Waals surface area contributed by atoms with E-state index >= 15 is 0 Å². The number of benzene rings is 1. The first-order chi connectivity index (χ1) is 10.4. The highest BCUT2D eigenvalue weighted by Crippen LogP contribution is 2.20. The number of nitriles is 1. The Balaban J connectivity index is 1.99. The Labute approximate surface area is 134 Å². The van der Waals surface area contributed by atoms with Gasteiger partial charge in [0.15, 0.2) is 0 Å². The molecule has 1 amide bonds. The fourth-order valence-electron chi connectivity index (χ4n) is 1.89. The second-order valence-electron chi connectivity index (χ2n) is 5.65. The molecule has 1 aromatic heterocycles. The minimum absolute atomic E-state index is 0.0465. The van der Waals surface area contributed by atoms with Gasteiger partial charge in [-0.15, -0.1) is 0 Å². The highest BCUT2D eigenvalue weighted by molar-refractivity contribution is 7.99. The van der Waals surface area contributed by atoms with Crippen LogP contribution in [0.2, 0.25) is 0 Å². The summed E-state index contributed by atoms with van der Waals surface area (Å²) in [6, 6.07) is 13.9. The van der Waals surface area contributed by atoms with Crippen molar-refractivity contribution in [3.05, 3.63) is 36.4 Å². The van der Waals surface area contributed by atoms with E-state index in [1.807, 2.05) is 50.2 Å². The highest BCUT2D eigenvalue weighted by Gasteiger charge is 2.29. The predicted molar refractivity (Wildman–Crippen MR) is 89.5 cm³/mol. The molecule has 0 unspecified atom stereocenters. The number of nitrogens with zero attached hydrogens (tertiary/aromatic N) is 2. The van der Waals surface area contributed by atoms with Crippen LogP contribution < -0.4 is 5.32 Å². The molecule has 22 heavy (non-hydrogen) atoms. The van der Waals surface area contributed by atoms with Crippen molar-refractivity contribution in [3.63, 3.8) is 0 Å². The van der Waals surface area contributed by atoms with Crippen molar-refractivity contribution in [1.29, 1.82) is 5.26 Å². The third kappa shape index (κ3) is 3.77. The number of amides is 1. The van der Waals surface area contributed by atoms with Gasteiger partial charge in [-0.1, -0.05) is 49.9 Å².